The van der Waals surface area contributed by atoms with Gasteiger partial charge in [-0.2, -0.15) is 0 Å². The number of amides is 2. The van der Waals surface area contributed by atoms with Crippen LogP contribution in [0.15, 0.2) is 29.8 Å². The highest BCUT2D eigenvalue weighted by atomic mass is 32.1. The van der Waals surface area contributed by atoms with Gasteiger partial charge in [0.1, 0.15) is 0 Å². The number of carbonyl (C=O) groups excluding carboxylic acids is 1. The Hall–Kier alpha value is -1.95. The molecule has 0 radical (unpaired) electrons. The fourth-order valence-corrected chi connectivity index (χ4v) is 3.46. The number of urea groups is 1. The van der Waals surface area contributed by atoms with Crippen molar-refractivity contribution in [3.63, 3.8) is 0 Å². The molecule has 2 amide bonds. The van der Waals surface area contributed by atoms with Crippen LogP contribution >= 0.6 is 11.3 Å². The minimum atomic E-state index is 0.0000968. The van der Waals surface area contributed by atoms with Gasteiger partial charge in [-0.1, -0.05) is 6.07 Å². The zero-order valence-corrected chi connectivity index (χ0v) is 13.5. The van der Waals surface area contributed by atoms with E-state index in [0.717, 1.165) is 42.2 Å². The van der Waals surface area contributed by atoms with Gasteiger partial charge in [0.15, 0.2) is 0 Å². The quantitative estimate of drug-likeness (QED) is 0.943. The second kappa shape index (κ2) is 6.87. The third-order valence-corrected chi connectivity index (χ3v) is 4.69. The molecule has 5 nitrogen and oxygen atoms in total. The van der Waals surface area contributed by atoms with E-state index in [1.807, 2.05) is 35.4 Å². The predicted octanol–water partition coefficient (Wildman–Crippen LogP) is 2.94. The van der Waals surface area contributed by atoms with Crippen molar-refractivity contribution in [2.75, 3.05) is 13.1 Å². The molecular weight excluding hydrogens is 296 g/mol. The Labute approximate surface area is 134 Å². The summed E-state index contributed by atoms with van der Waals surface area (Å²) < 4.78 is 0. The standard InChI is InChI=1S/C16H20N4OS/c1-12-19-13(11-22-12)7-9-18-16(21)20-10-4-6-15(20)14-5-2-3-8-17-14/h2-3,5,8,11,15H,4,6-7,9-10H2,1H3,(H,18,21)/t15-/m0/s1. The average Bonchev–Trinajstić information content (AvgIpc) is 3.17. The molecule has 3 heterocycles. The lowest BCUT2D eigenvalue weighted by atomic mass is 10.1. The zero-order valence-electron chi connectivity index (χ0n) is 12.7. The first-order chi connectivity index (χ1) is 10.7. The first-order valence-electron chi connectivity index (χ1n) is 7.60. The fraction of sp³-hybridized carbons (Fsp3) is 0.438. The van der Waals surface area contributed by atoms with Crippen molar-refractivity contribution >= 4 is 17.4 Å². The molecular formula is C16H20N4OS. The van der Waals surface area contributed by atoms with Crippen molar-refractivity contribution in [1.82, 2.24) is 20.2 Å². The number of nitrogens with zero attached hydrogens (tertiary/aromatic N) is 3. The molecule has 2 aromatic heterocycles. The molecule has 1 aliphatic rings. The SMILES string of the molecule is Cc1nc(CCNC(=O)N2CCC[C@H]2c2ccccn2)cs1. The molecule has 3 rings (SSSR count). The van der Waals surface area contributed by atoms with Crippen molar-refractivity contribution in [3.05, 3.63) is 46.2 Å². The molecule has 0 spiro atoms. The van der Waals surface area contributed by atoms with E-state index < -0.39 is 0 Å². The topological polar surface area (TPSA) is 58.1 Å². The number of pyridine rings is 1. The molecule has 0 unspecified atom stereocenters. The van der Waals surface area contributed by atoms with E-state index in [1.54, 1.807) is 17.5 Å². The Morgan fingerprint density at radius 1 is 1.50 bits per heavy atom. The van der Waals surface area contributed by atoms with E-state index >= 15 is 0 Å². The van der Waals surface area contributed by atoms with Crippen LogP contribution in [-0.2, 0) is 6.42 Å². The van der Waals surface area contributed by atoms with Gasteiger partial charge in [-0.3, -0.25) is 4.98 Å². The summed E-state index contributed by atoms with van der Waals surface area (Å²) >= 11 is 1.64. The Morgan fingerprint density at radius 3 is 3.14 bits per heavy atom. The van der Waals surface area contributed by atoms with Crippen molar-refractivity contribution in [3.8, 4) is 0 Å². The summed E-state index contributed by atoms with van der Waals surface area (Å²) in [6.07, 6.45) is 4.57. The molecule has 0 saturated carbocycles. The zero-order chi connectivity index (χ0) is 15.4. The summed E-state index contributed by atoms with van der Waals surface area (Å²) in [5, 5.41) is 6.12. The lowest BCUT2D eigenvalue weighted by Gasteiger charge is -2.24. The van der Waals surface area contributed by atoms with E-state index in [2.05, 4.69) is 15.3 Å². The van der Waals surface area contributed by atoms with Crippen LogP contribution in [0, 0.1) is 6.92 Å². The highest BCUT2D eigenvalue weighted by Gasteiger charge is 2.30. The summed E-state index contributed by atoms with van der Waals surface area (Å²) in [5.74, 6) is 0. The Bertz CT molecular complexity index is 628. The molecule has 1 fully saturated rings. The molecule has 22 heavy (non-hydrogen) atoms. The first kappa shape index (κ1) is 15.0. The van der Waals surface area contributed by atoms with Crippen LogP contribution < -0.4 is 5.32 Å². The highest BCUT2D eigenvalue weighted by Crippen LogP contribution is 2.30. The maximum atomic E-state index is 12.4. The van der Waals surface area contributed by atoms with Gasteiger partial charge in [0.25, 0.3) is 0 Å². The van der Waals surface area contributed by atoms with Crippen molar-refractivity contribution < 1.29 is 4.79 Å². The van der Waals surface area contributed by atoms with Crippen molar-refractivity contribution in [2.45, 2.75) is 32.2 Å². The van der Waals surface area contributed by atoms with Gasteiger partial charge in [-0.05, 0) is 31.9 Å². The Balaban J connectivity index is 1.55. The molecule has 6 heteroatoms. The smallest absolute Gasteiger partial charge is 0.317 e. The lowest BCUT2D eigenvalue weighted by Crippen LogP contribution is -2.40. The first-order valence-corrected chi connectivity index (χ1v) is 8.48. The number of nitrogens with one attached hydrogen (secondary N) is 1. The van der Waals surface area contributed by atoms with E-state index in [9.17, 15) is 4.79 Å². The van der Waals surface area contributed by atoms with Crippen LogP contribution in [0.3, 0.4) is 0 Å². The van der Waals surface area contributed by atoms with Gasteiger partial charge in [-0.15, -0.1) is 11.3 Å². The number of carbonyl (C=O) groups is 1. The van der Waals surface area contributed by atoms with E-state index in [4.69, 9.17) is 0 Å². The predicted molar refractivity (Wildman–Crippen MR) is 86.9 cm³/mol. The number of hydrogen-bond acceptors (Lipinski definition) is 4. The van der Waals surface area contributed by atoms with E-state index in [1.165, 1.54) is 0 Å². The van der Waals surface area contributed by atoms with Gasteiger partial charge in [0.2, 0.25) is 0 Å². The summed E-state index contributed by atoms with van der Waals surface area (Å²) in [5.41, 5.74) is 2.02. The molecule has 0 bridgehead atoms. The fourth-order valence-electron chi connectivity index (χ4n) is 2.81. The minimum absolute atomic E-state index is 0.0000968. The third-order valence-electron chi connectivity index (χ3n) is 3.87. The Morgan fingerprint density at radius 2 is 2.41 bits per heavy atom. The molecule has 2 aromatic rings. The third kappa shape index (κ3) is 3.44. The van der Waals surface area contributed by atoms with Crippen LogP contribution in [0.1, 0.15) is 35.3 Å². The van der Waals surface area contributed by atoms with E-state index in [-0.39, 0.29) is 12.1 Å². The number of hydrogen-bond donors (Lipinski definition) is 1. The van der Waals surface area contributed by atoms with Gasteiger partial charge >= 0.3 is 6.03 Å². The molecule has 0 aromatic carbocycles. The summed E-state index contributed by atoms with van der Waals surface area (Å²) in [6, 6.07) is 5.97. The summed E-state index contributed by atoms with van der Waals surface area (Å²) in [6.45, 7) is 3.41. The number of rotatable bonds is 4. The molecule has 0 aliphatic carbocycles. The van der Waals surface area contributed by atoms with Crippen LogP contribution in [0.5, 0.6) is 0 Å². The van der Waals surface area contributed by atoms with E-state index in [0.29, 0.717) is 6.54 Å². The monoisotopic (exact) mass is 316 g/mol. The molecule has 1 saturated heterocycles. The largest absolute Gasteiger partial charge is 0.338 e. The second-order valence-electron chi connectivity index (χ2n) is 5.45. The van der Waals surface area contributed by atoms with Crippen LogP contribution in [-0.4, -0.2) is 34.0 Å². The normalized spacial score (nSPS) is 17.7. The van der Waals surface area contributed by atoms with Crippen molar-refractivity contribution in [1.29, 1.82) is 0 Å². The van der Waals surface area contributed by atoms with Gasteiger partial charge in [0, 0.05) is 31.1 Å². The lowest BCUT2D eigenvalue weighted by molar-refractivity contribution is 0.192. The minimum Gasteiger partial charge on any atom is -0.338 e. The van der Waals surface area contributed by atoms with Gasteiger partial charge in [0.05, 0.1) is 22.4 Å². The number of thiazole rings is 1. The van der Waals surface area contributed by atoms with Crippen molar-refractivity contribution in [2.24, 2.45) is 0 Å². The maximum absolute atomic E-state index is 12.4. The molecule has 1 N–H and O–H groups in total. The van der Waals surface area contributed by atoms with Crippen LogP contribution in [0.2, 0.25) is 0 Å². The second-order valence-corrected chi connectivity index (χ2v) is 6.51. The maximum Gasteiger partial charge on any atom is 0.317 e. The summed E-state index contributed by atoms with van der Waals surface area (Å²) in [4.78, 5) is 23.1. The number of likely N-dealkylation sites (tertiary alicyclic amines) is 1. The Kier molecular flexibility index (Phi) is 4.68. The van der Waals surface area contributed by atoms with Gasteiger partial charge in [-0.25, -0.2) is 9.78 Å². The van der Waals surface area contributed by atoms with Gasteiger partial charge < -0.3 is 10.2 Å². The number of aromatic nitrogens is 2. The average molecular weight is 316 g/mol. The molecule has 1 atom stereocenters. The van der Waals surface area contributed by atoms with Crippen LogP contribution in [0.4, 0.5) is 4.79 Å². The summed E-state index contributed by atoms with van der Waals surface area (Å²) in [7, 11) is 0. The highest BCUT2D eigenvalue weighted by molar-refractivity contribution is 7.09. The van der Waals surface area contributed by atoms with Crippen LogP contribution in [0.25, 0.3) is 0 Å². The number of aryl methyl sites for hydroxylation is 1. The molecule has 116 valence electrons. The molecule has 1 aliphatic heterocycles.